The molecule has 2 saturated carbocycles. The molecular formula is C20H26F6O6. The molecule has 0 spiro atoms. The molecule has 0 heterocycles. The maximum absolute atomic E-state index is 13.9. The zero-order valence-corrected chi connectivity index (χ0v) is 17.9. The Labute approximate surface area is 180 Å². The summed E-state index contributed by atoms with van der Waals surface area (Å²) in [4.78, 5) is 35.1. The van der Waals surface area contributed by atoms with Gasteiger partial charge in [0.2, 0.25) is 0 Å². The number of fused-ring (bicyclic) bond motifs is 2. The van der Waals surface area contributed by atoms with Gasteiger partial charge in [0.05, 0.1) is 11.3 Å². The van der Waals surface area contributed by atoms with Crippen LogP contribution in [0.3, 0.4) is 0 Å². The smallest absolute Gasteiger partial charge is 0.462 e. The summed E-state index contributed by atoms with van der Waals surface area (Å²) in [6, 6.07) is 0. The fourth-order valence-corrected chi connectivity index (χ4v) is 3.81. The van der Waals surface area contributed by atoms with E-state index in [0.29, 0.717) is 19.3 Å². The Kier molecular flexibility index (Phi) is 7.45. The van der Waals surface area contributed by atoms with Crippen LogP contribution in [0.2, 0.25) is 0 Å². The molecule has 3 atom stereocenters. The topological polar surface area (TPSA) is 78.9 Å². The number of rotatable bonds is 10. The van der Waals surface area contributed by atoms with Crippen molar-refractivity contribution in [2.75, 3.05) is 13.2 Å². The SMILES string of the molecule is CCC(C)(C)C(=O)OCCOC(=O)C(F)(F)C(F)(F)C(F)(F)OC(=O)C1CC2CCC1C2. The Morgan fingerprint density at radius 1 is 0.875 bits per heavy atom. The van der Waals surface area contributed by atoms with Crippen molar-refractivity contribution >= 4 is 17.9 Å². The highest BCUT2D eigenvalue weighted by Crippen LogP contribution is 2.51. The summed E-state index contributed by atoms with van der Waals surface area (Å²) in [7, 11) is 0. The molecule has 0 aromatic carbocycles. The monoisotopic (exact) mass is 476 g/mol. The van der Waals surface area contributed by atoms with Gasteiger partial charge in [-0.3, -0.25) is 9.59 Å². The largest absolute Gasteiger partial charge is 0.473 e. The second kappa shape index (κ2) is 9.09. The minimum absolute atomic E-state index is 0.0834. The fraction of sp³-hybridized carbons (Fsp3) is 0.850. The summed E-state index contributed by atoms with van der Waals surface area (Å²) >= 11 is 0. The summed E-state index contributed by atoms with van der Waals surface area (Å²) in [6.45, 7) is 2.91. The molecule has 0 N–H and O–H groups in total. The van der Waals surface area contributed by atoms with E-state index in [1.165, 1.54) is 13.8 Å². The molecule has 0 radical (unpaired) electrons. The molecule has 3 unspecified atom stereocenters. The molecule has 2 aliphatic carbocycles. The average Bonchev–Trinajstić information content (AvgIpc) is 3.33. The Morgan fingerprint density at radius 2 is 1.44 bits per heavy atom. The minimum atomic E-state index is -6.37. The van der Waals surface area contributed by atoms with Gasteiger partial charge in [-0.2, -0.15) is 26.3 Å². The Morgan fingerprint density at radius 3 is 1.91 bits per heavy atom. The van der Waals surface area contributed by atoms with Crippen molar-refractivity contribution in [1.82, 2.24) is 0 Å². The van der Waals surface area contributed by atoms with Crippen LogP contribution < -0.4 is 0 Å². The first-order valence-corrected chi connectivity index (χ1v) is 10.3. The maximum Gasteiger partial charge on any atom is 0.473 e. The first-order chi connectivity index (χ1) is 14.6. The van der Waals surface area contributed by atoms with E-state index in [1.54, 1.807) is 6.92 Å². The third kappa shape index (κ3) is 4.98. The number of carbonyl (C=O) groups is 3. The van der Waals surface area contributed by atoms with Gasteiger partial charge >= 0.3 is 35.9 Å². The van der Waals surface area contributed by atoms with E-state index >= 15 is 0 Å². The van der Waals surface area contributed by atoms with Crippen LogP contribution >= 0.6 is 0 Å². The van der Waals surface area contributed by atoms with Crippen LogP contribution in [-0.2, 0) is 28.6 Å². The Bertz CT molecular complexity index is 738. The highest BCUT2D eigenvalue weighted by Gasteiger charge is 2.78. The number of ether oxygens (including phenoxy) is 3. The normalized spacial score (nSPS) is 23.7. The van der Waals surface area contributed by atoms with Crippen LogP contribution in [0, 0.1) is 23.2 Å². The fourth-order valence-electron chi connectivity index (χ4n) is 3.81. The highest BCUT2D eigenvalue weighted by atomic mass is 19.3. The summed E-state index contributed by atoms with van der Waals surface area (Å²) in [6.07, 6.45) is -3.55. The molecule has 2 rings (SSSR count). The van der Waals surface area contributed by atoms with E-state index < -0.39 is 60.4 Å². The van der Waals surface area contributed by atoms with E-state index in [2.05, 4.69) is 14.2 Å². The van der Waals surface area contributed by atoms with Gasteiger partial charge < -0.3 is 14.2 Å². The second-order valence-electron chi connectivity index (χ2n) is 8.88. The molecule has 32 heavy (non-hydrogen) atoms. The van der Waals surface area contributed by atoms with Crippen molar-refractivity contribution in [3.63, 3.8) is 0 Å². The standard InChI is InChI=1S/C20H26F6O6/c1-4-17(2,3)15(28)30-7-8-31-16(29)18(21,22)19(23,24)20(25,26)32-14(27)13-10-11-5-6-12(13)9-11/h11-13H,4-10H2,1-3H3. The predicted octanol–water partition coefficient (Wildman–Crippen LogP) is 4.35. The van der Waals surface area contributed by atoms with Crippen LogP contribution in [0.1, 0.15) is 52.9 Å². The van der Waals surface area contributed by atoms with E-state index in [0.717, 1.165) is 6.42 Å². The Balaban J connectivity index is 1.94. The van der Waals surface area contributed by atoms with Crippen molar-refractivity contribution in [2.45, 2.75) is 70.8 Å². The highest BCUT2D eigenvalue weighted by molar-refractivity contribution is 5.80. The molecule has 0 aliphatic heterocycles. The number of esters is 3. The van der Waals surface area contributed by atoms with Crippen molar-refractivity contribution in [2.24, 2.45) is 23.2 Å². The van der Waals surface area contributed by atoms with Crippen LogP contribution in [-0.4, -0.2) is 49.1 Å². The minimum Gasteiger partial charge on any atom is -0.462 e. The molecule has 0 saturated heterocycles. The number of hydrogen-bond donors (Lipinski definition) is 0. The number of carbonyl (C=O) groups excluding carboxylic acids is 3. The van der Waals surface area contributed by atoms with Gasteiger partial charge in [0.15, 0.2) is 0 Å². The van der Waals surface area contributed by atoms with Gasteiger partial charge in [-0.05, 0) is 51.4 Å². The zero-order chi connectivity index (χ0) is 24.5. The average molecular weight is 476 g/mol. The van der Waals surface area contributed by atoms with E-state index in [9.17, 15) is 40.7 Å². The molecule has 2 fully saturated rings. The third-order valence-electron chi connectivity index (χ3n) is 6.27. The van der Waals surface area contributed by atoms with Gasteiger partial charge in [-0.1, -0.05) is 13.3 Å². The zero-order valence-electron chi connectivity index (χ0n) is 17.9. The lowest BCUT2D eigenvalue weighted by Gasteiger charge is -2.31. The molecule has 2 aliphatic rings. The van der Waals surface area contributed by atoms with Crippen molar-refractivity contribution in [3.05, 3.63) is 0 Å². The van der Waals surface area contributed by atoms with Gasteiger partial charge in [0.1, 0.15) is 13.2 Å². The second-order valence-corrected chi connectivity index (χ2v) is 8.88. The summed E-state index contributed by atoms with van der Waals surface area (Å²) < 4.78 is 95.6. The van der Waals surface area contributed by atoms with Crippen LogP contribution in [0.5, 0.6) is 0 Å². The maximum atomic E-state index is 13.9. The molecule has 2 bridgehead atoms. The first kappa shape index (κ1) is 26.2. The third-order valence-corrected chi connectivity index (χ3v) is 6.27. The molecular weight excluding hydrogens is 450 g/mol. The van der Waals surface area contributed by atoms with Gasteiger partial charge in [0, 0.05) is 0 Å². The summed E-state index contributed by atoms with van der Waals surface area (Å²) in [5, 5.41) is 0. The molecule has 6 nitrogen and oxygen atoms in total. The lowest BCUT2D eigenvalue weighted by molar-refractivity contribution is -0.380. The number of hydrogen-bond acceptors (Lipinski definition) is 6. The van der Waals surface area contributed by atoms with Crippen LogP contribution in [0.4, 0.5) is 26.3 Å². The molecule has 0 amide bonds. The molecule has 0 aromatic heterocycles. The lowest BCUT2D eigenvalue weighted by atomic mass is 9.89. The summed E-state index contributed by atoms with van der Waals surface area (Å²) in [5.41, 5.74) is -0.925. The van der Waals surface area contributed by atoms with Crippen molar-refractivity contribution < 1.29 is 54.9 Å². The van der Waals surface area contributed by atoms with Gasteiger partial charge in [-0.15, -0.1) is 0 Å². The Hall–Kier alpha value is -2.01. The van der Waals surface area contributed by atoms with E-state index in [-0.39, 0.29) is 18.3 Å². The number of halogens is 6. The van der Waals surface area contributed by atoms with Gasteiger partial charge in [-0.25, -0.2) is 4.79 Å². The quantitative estimate of drug-likeness (QED) is 0.202. The van der Waals surface area contributed by atoms with Crippen molar-refractivity contribution in [3.8, 4) is 0 Å². The molecule has 0 aromatic rings. The molecule has 184 valence electrons. The van der Waals surface area contributed by atoms with Crippen LogP contribution in [0.15, 0.2) is 0 Å². The van der Waals surface area contributed by atoms with Crippen LogP contribution in [0.25, 0.3) is 0 Å². The van der Waals surface area contributed by atoms with Gasteiger partial charge in [0.25, 0.3) is 0 Å². The lowest BCUT2D eigenvalue weighted by Crippen LogP contribution is -2.60. The van der Waals surface area contributed by atoms with E-state index in [4.69, 9.17) is 0 Å². The number of alkyl halides is 6. The summed E-state index contributed by atoms with van der Waals surface area (Å²) in [5.74, 6) is -19.1. The molecule has 12 heteroatoms. The van der Waals surface area contributed by atoms with Crippen molar-refractivity contribution in [1.29, 1.82) is 0 Å². The van der Waals surface area contributed by atoms with E-state index in [1.807, 2.05) is 0 Å². The predicted molar refractivity (Wildman–Crippen MR) is 95.9 cm³/mol. The first-order valence-electron chi connectivity index (χ1n) is 10.3.